The van der Waals surface area contributed by atoms with Gasteiger partial charge in [0.1, 0.15) is 5.69 Å². The summed E-state index contributed by atoms with van der Waals surface area (Å²) in [6, 6.07) is 3.27. The van der Waals surface area contributed by atoms with Crippen LogP contribution in [-0.2, 0) is 5.41 Å². The Balaban J connectivity index is 2.25. The Morgan fingerprint density at radius 3 is 2.69 bits per heavy atom. The fraction of sp³-hybridized carbons (Fsp3) is 0.462. The molecule has 1 spiro atoms. The molecule has 0 aromatic heterocycles. The van der Waals surface area contributed by atoms with Crippen molar-refractivity contribution in [2.24, 2.45) is 4.99 Å². The highest BCUT2D eigenvalue weighted by Crippen LogP contribution is 2.51. The van der Waals surface area contributed by atoms with Gasteiger partial charge in [0.25, 0.3) is 0 Å². The monoisotopic (exact) mass is 218 g/mol. The Labute approximate surface area is 94.4 Å². The fourth-order valence-corrected chi connectivity index (χ4v) is 3.18. The molecule has 2 N–H and O–H groups in total. The molecular formula is C13H15FN2. The van der Waals surface area contributed by atoms with Crippen LogP contribution >= 0.6 is 0 Å². The van der Waals surface area contributed by atoms with Crippen molar-refractivity contribution in [1.29, 1.82) is 0 Å². The predicted octanol–water partition coefficient (Wildman–Crippen LogP) is 3.33. The van der Waals surface area contributed by atoms with E-state index in [0.717, 1.165) is 24.1 Å². The SMILES string of the molecule is CC1=Nc2c(F)cc(N)cc2C12CCCC2. The molecule has 1 heterocycles. The van der Waals surface area contributed by atoms with Crippen LogP contribution in [0.4, 0.5) is 15.8 Å². The lowest BCUT2D eigenvalue weighted by Gasteiger charge is -2.25. The summed E-state index contributed by atoms with van der Waals surface area (Å²) in [6.07, 6.45) is 4.56. The van der Waals surface area contributed by atoms with E-state index in [0.29, 0.717) is 11.4 Å². The molecule has 1 aliphatic heterocycles. The zero-order valence-corrected chi connectivity index (χ0v) is 9.39. The standard InChI is InChI=1S/C13H15FN2/c1-8-13(4-2-3-5-13)10-6-9(15)7-11(14)12(10)16-8/h6-7H,2-5,15H2,1H3. The molecule has 0 atom stereocenters. The lowest BCUT2D eigenvalue weighted by Crippen LogP contribution is -2.27. The topological polar surface area (TPSA) is 38.4 Å². The Kier molecular flexibility index (Phi) is 1.88. The summed E-state index contributed by atoms with van der Waals surface area (Å²) in [5.41, 5.74) is 8.83. The van der Waals surface area contributed by atoms with E-state index in [1.807, 2.05) is 13.0 Å². The number of hydrogen-bond donors (Lipinski definition) is 1. The molecule has 3 heteroatoms. The van der Waals surface area contributed by atoms with Crippen LogP contribution in [0.15, 0.2) is 17.1 Å². The van der Waals surface area contributed by atoms with Crippen LogP contribution in [0.2, 0.25) is 0 Å². The van der Waals surface area contributed by atoms with Gasteiger partial charge in [0.15, 0.2) is 5.82 Å². The maximum absolute atomic E-state index is 13.8. The van der Waals surface area contributed by atoms with Gasteiger partial charge in [-0.2, -0.15) is 0 Å². The summed E-state index contributed by atoms with van der Waals surface area (Å²) in [4.78, 5) is 4.41. The molecule has 2 aliphatic rings. The lowest BCUT2D eigenvalue weighted by molar-refractivity contribution is 0.598. The van der Waals surface area contributed by atoms with Crippen LogP contribution in [0.3, 0.4) is 0 Å². The van der Waals surface area contributed by atoms with Gasteiger partial charge in [-0.1, -0.05) is 12.8 Å². The van der Waals surface area contributed by atoms with Gasteiger partial charge >= 0.3 is 0 Å². The van der Waals surface area contributed by atoms with E-state index in [9.17, 15) is 4.39 Å². The van der Waals surface area contributed by atoms with Crippen molar-refractivity contribution in [3.05, 3.63) is 23.5 Å². The third-order valence-corrected chi connectivity index (χ3v) is 4.03. The van der Waals surface area contributed by atoms with Crippen molar-refractivity contribution in [3.63, 3.8) is 0 Å². The van der Waals surface area contributed by atoms with Crippen molar-refractivity contribution in [1.82, 2.24) is 0 Å². The summed E-state index contributed by atoms with van der Waals surface area (Å²) in [7, 11) is 0. The first-order chi connectivity index (χ1) is 7.63. The smallest absolute Gasteiger partial charge is 0.151 e. The van der Waals surface area contributed by atoms with Crippen molar-refractivity contribution in [2.75, 3.05) is 5.73 Å². The van der Waals surface area contributed by atoms with Crippen molar-refractivity contribution < 1.29 is 4.39 Å². The number of nitrogens with two attached hydrogens (primary N) is 1. The van der Waals surface area contributed by atoms with Crippen LogP contribution < -0.4 is 5.73 Å². The number of hydrogen-bond acceptors (Lipinski definition) is 2. The second-order valence-electron chi connectivity index (χ2n) is 4.89. The van der Waals surface area contributed by atoms with Gasteiger partial charge in [0, 0.05) is 16.8 Å². The summed E-state index contributed by atoms with van der Waals surface area (Å²) in [6.45, 7) is 2.01. The maximum atomic E-state index is 13.8. The molecule has 1 fully saturated rings. The van der Waals surface area contributed by atoms with E-state index in [2.05, 4.69) is 4.99 Å². The zero-order valence-electron chi connectivity index (χ0n) is 9.39. The highest BCUT2D eigenvalue weighted by molar-refractivity contribution is 6.01. The van der Waals surface area contributed by atoms with Gasteiger partial charge in [0.2, 0.25) is 0 Å². The molecule has 84 valence electrons. The first-order valence-electron chi connectivity index (χ1n) is 5.79. The molecule has 0 amide bonds. The number of rotatable bonds is 0. The lowest BCUT2D eigenvalue weighted by atomic mass is 9.76. The Bertz CT molecular complexity index is 485. The van der Waals surface area contributed by atoms with Gasteiger partial charge in [-0.15, -0.1) is 0 Å². The third-order valence-electron chi connectivity index (χ3n) is 4.03. The Morgan fingerprint density at radius 2 is 2.00 bits per heavy atom. The van der Waals surface area contributed by atoms with Gasteiger partial charge in [-0.05, 0) is 37.5 Å². The third kappa shape index (κ3) is 1.09. The molecule has 2 nitrogen and oxygen atoms in total. The predicted molar refractivity (Wildman–Crippen MR) is 63.7 cm³/mol. The quantitative estimate of drug-likeness (QED) is 0.666. The highest BCUT2D eigenvalue weighted by Gasteiger charge is 2.44. The number of nitrogens with zero attached hydrogens (tertiary/aromatic N) is 1. The molecule has 0 radical (unpaired) electrons. The largest absolute Gasteiger partial charge is 0.399 e. The maximum Gasteiger partial charge on any atom is 0.151 e. The van der Waals surface area contributed by atoms with Crippen LogP contribution in [0.1, 0.15) is 38.2 Å². The summed E-state index contributed by atoms with van der Waals surface area (Å²) in [5.74, 6) is -0.280. The molecule has 1 aromatic rings. The number of aliphatic imine (C=N–C) groups is 1. The number of halogens is 1. The normalized spacial score (nSPS) is 21.2. The minimum atomic E-state index is -0.280. The molecule has 0 unspecified atom stereocenters. The molecule has 0 saturated heterocycles. The first kappa shape index (κ1) is 9.82. The van der Waals surface area contributed by atoms with Crippen LogP contribution in [0, 0.1) is 5.82 Å². The summed E-state index contributed by atoms with van der Waals surface area (Å²) >= 11 is 0. The van der Waals surface area contributed by atoms with E-state index in [4.69, 9.17) is 5.73 Å². The Hall–Kier alpha value is -1.38. The molecule has 0 bridgehead atoms. The van der Waals surface area contributed by atoms with Gasteiger partial charge < -0.3 is 5.73 Å². The second kappa shape index (κ2) is 3.06. The number of nitrogen functional groups attached to an aromatic ring is 1. The van der Waals surface area contributed by atoms with Gasteiger partial charge in [-0.3, -0.25) is 4.99 Å². The highest BCUT2D eigenvalue weighted by atomic mass is 19.1. The number of fused-ring (bicyclic) bond motifs is 2. The molecule has 3 rings (SSSR count). The van der Waals surface area contributed by atoms with E-state index in [1.165, 1.54) is 18.9 Å². The van der Waals surface area contributed by atoms with Crippen molar-refractivity contribution in [3.8, 4) is 0 Å². The fourth-order valence-electron chi connectivity index (χ4n) is 3.18. The van der Waals surface area contributed by atoms with Crippen LogP contribution in [0.5, 0.6) is 0 Å². The minimum absolute atomic E-state index is 0.00838. The first-order valence-corrected chi connectivity index (χ1v) is 5.79. The van der Waals surface area contributed by atoms with E-state index >= 15 is 0 Å². The molecule has 1 aliphatic carbocycles. The minimum Gasteiger partial charge on any atom is -0.399 e. The molecule has 1 saturated carbocycles. The molecular weight excluding hydrogens is 203 g/mol. The average molecular weight is 218 g/mol. The summed E-state index contributed by atoms with van der Waals surface area (Å²) < 4.78 is 13.8. The number of anilines is 1. The molecule has 16 heavy (non-hydrogen) atoms. The van der Waals surface area contributed by atoms with Gasteiger partial charge in [0.05, 0.1) is 0 Å². The van der Waals surface area contributed by atoms with Gasteiger partial charge in [-0.25, -0.2) is 4.39 Å². The summed E-state index contributed by atoms with van der Waals surface area (Å²) in [5, 5.41) is 0. The van der Waals surface area contributed by atoms with Crippen LogP contribution in [0.25, 0.3) is 0 Å². The van der Waals surface area contributed by atoms with Crippen LogP contribution in [-0.4, -0.2) is 5.71 Å². The van der Waals surface area contributed by atoms with Crippen molar-refractivity contribution in [2.45, 2.75) is 38.0 Å². The number of benzene rings is 1. The molecule has 1 aromatic carbocycles. The average Bonchev–Trinajstić information content (AvgIpc) is 2.79. The van der Waals surface area contributed by atoms with E-state index in [1.54, 1.807) is 0 Å². The van der Waals surface area contributed by atoms with E-state index < -0.39 is 0 Å². The second-order valence-corrected chi connectivity index (χ2v) is 4.89. The zero-order chi connectivity index (χ0) is 11.3. The Morgan fingerprint density at radius 1 is 1.31 bits per heavy atom. The van der Waals surface area contributed by atoms with E-state index in [-0.39, 0.29) is 11.2 Å². The van der Waals surface area contributed by atoms with Crippen molar-refractivity contribution >= 4 is 17.1 Å².